The van der Waals surface area contributed by atoms with Gasteiger partial charge in [-0.25, -0.2) is 0 Å². The van der Waals surface area contributed by atoms with Crippen molar-refractivity contribution < 1.29 is 23.2 Å². The summed E-state index contributed by atoms with van der Waals surface area (Å²) in [6.07, 6.45) is 1.64. The molecule has 1 aromatic carbocycles. The van der Waals surface area contributed by atoms with Gasteiger partial charge in [-0.3, -0.25) is 14.9 Å². The van der Waals surface area contributed by atoms with E-state index in [-0.39, 0.29) is 30.0 Å². The third-order valence-corrected chi connectivity index (χ3v) is 4.26. The summed E-state index contributed by atoms with van der Waals surface area (Å²) < 4.78 is 15.6. The number of furan rings is 1. The molecule has 1 aliphatic heterocycles. The lowest BCUT2D eigenvalue weighted by molar-refractivity contribution is -0.117. The van der Waals surface area contributed by atoms with Crippen LogP contribution in [-0.2, 0) is 4.79 Å². The molecule has 1 fully saturated rings. The lowest BCUT2D eigenvalue weighted by atomic mass is 10.1. The monoisotopic (exact) mass is 368 g/mol. The second-order valence-electron chi connectivity index (χ2n) is 5.98. The quantitative estimate of drug-likeness (QED) is 0.736. The molecule has 9 nitrogen and oxygen atoms in total. The maximum Gasteiger partial charge on any atom is 0.322 e. The molecular weight excluding hydrogens is 352 g/mol. The van der Waals surface area contributed by atoms with Gasteiger partial charge in [-0.2, -0.15) is 0 Å². The fourth-order valence-electron chi connectivity index (χ4n) is 2.90. The molecular formula is C18H16N4O5. The highest BCUT2D eigenvalue weighted by molar-refractivity contribution is 6.00. The number of methoxy groups -OCH3 is 1. The van der Waals surface area contributed by atoms with E-state index in [1.54, 1.807) is 30.2 Å². The molecule has 3 heterocycles. The van der Waals surface area contributed by atoms with E-state index < -0.39 is 5.91 Å². The van der Waals surface area contributed by atoms with Crippen LogP contribution in [-0.4, -0.2) is 35.7 Å². The van der Waals surface area contributed by atoms with Crippen LogP contribution in [0.5, 0.6) is 5.75 Å². The molecule has 27 heavy (non-hydrogen) atoms. The number of nitrogens with zero attached hydrogens (tertiary/aromatic N) is 3. The van der Waals surface area contributed by atoms with Crippen LogP contribution in [0, 0.1) is 0 Å². The Balaban J connectivity index is 1.44. The number of benzene rings is 1. The van der Waals surface area contributed by atoms with Crippen LogP contribution < -0.4 is 15.0 Å². The number of nitrogens with one attached hydrogen (secondary N) is 1. The number of carbonyl (C=O) groups is 2. The zero-order valence-electron chi connectivity index (χ0n) is 14.4. The Bertz CT molecular complexity index is 949. The molecule has 1 N–H and O–H groups in total. The minimum atomic E-state index is -0.488. The van der Waals surface area contributed by atoms with Gasteiger partial charge >= 0.3 is 6.01 Å². The lowest BCUT2D eigenvalue weighted by Gasteiger charge is -2.16. The fraction of sp³-hybridized carbons (Fsp3) is 0.222. The van der Waals surface area contributed by atoms with Crippen molar-refractivity contribution in [3.8, 4) is 5.75 Å². The summed E-state index contributed by atoms with van der Waals surface area (Å²) in [5.74, 6) is 0.379. The van der Waals surface area contributed by atoms with E-state index in [1.807, 2.05) is 12.1 Å². The molecule has 0 radical (unpaired) electrons. The molecule has 2 amide bonds. The number of amides is 2. The minimum absolute atomic E-state index is 0.0375. The van der Waals surface area contributed by atoms with Crippen molar-refractivity contribution in [2.75, 3.05) is 23.9 Å². The Morgan fingerprint density at radius 2 is 2.07 bits per heavy atom. The van der Waals surface area contributed by atoms with Crippen LogP contribution >= 0.6 is 0 Å². The average Bonchev–Trinajstić information content (AvgIpc) is 3.42. The highest BCUT2D eigenvalue weighted by atomic mass is 16.5. The Hall–Kier alpha value is -3.62. The molecule has 1 saturated heterocycles. The summed E-state index contributed by atoms with van der Waals surface area (Å²) >= 11 is 0. The second-order valence-corrected chi connectivity index (χ2v) is 5.98. The van der Waals surface area contributed by atoms with E-state index in [0.29, 0.717) is 12.4 Å². The van der Waals surface area contributed by atoms with Crippen molar-refractivity contribution in [2.24, 2.45) is 0 Å². The van der Waals surface area contributed by atoms with Gasteiger partial charge in [0.05, 0.1) is 19.3 Å². The maximum atomic E-state index is 12.4. The first-order valence-corrected chi connectivity index (χ1v) is 8.26. The van der Waals surface area contributed by atoms with Gasteiger partial charge in [-0.15, -0.1) is 5.10 Å². The Labute approximate surface area is 153 Å². The Kier molecular flexibility index (Phi) is 4.33. The number of anilines is 2. The standard InChI is InChI=1S/C18H16N4O5/c1-25-13-6-4-12(5-7-13)22-10-11(9-15(22)23)17-20-21-18(27-17)19-16(24)14-3-2-8-26-14/h2-8,11H,9-10H2,1H3,(H,19,21,24). The Morgan fingerprint density at radius 3 is 2.78 bits per heavy atom. The third kappa shape index (κ3) is 3.39. The van der Waals surface area contributed by atoms with Crippen LogP contribution in [0.4, 0.5) is 11.7 Å². The highest BCUT2D eigenvalue weighted by Gasteiger charge is 2.35. The largest absolute Gasteiger partial charge is 0.497 e. The van der Waals surface area contributed by atoms with Crippen molar-refractivity contribution in [2.45, 2.75) is 12.3 Å². The van der Waals surface area contributed by atoms with Crippen LogP contribution in [0.25, 0.3) is 0 Å². The number of hydrogen-bond donors (Lipinski definition) is 1. The van der Waals surface area contributed by atoms with Crippen molar-refractivity contribution in [1.82, 2.24) is 10.2 Å². The maximum absolute atomic E-state index is 12.4. The first-order chi connectivity index (χ1) is 13.1. The number of rotatable bonds is 5. The molecule has 3 aromatic rings. The zero-order valence-corrected chi connectivity index (χ0v) is 14.4. The summed E-state index contributed by atoms with van der Waals surface area (Å²) in [5, 5.41) is 10.3. The van der Waals surface area contributed by atoms with Gasteiger partial charge in [0.25, 0.3) is 5.91 Å². The van der Waals surface area contributed by atoms with Crippen molar-refractivity contribution >= 4 is 23.5 Å². The molecule has 0 saturated carbocycles. The van der Waals surface area contributed by atoms with E-state index in [0.717, 1.165) is 11.4 Å². The highest BCUT2D eigenvalue weighted by Crippen LogP contribution is 2.32. The molecule has 1 unspecified atom stereocenters. The molecule has 1 aliphatic rings. The summed E-state index contributed by atoms with van der Waals surface area (Å²) in [6, 6.07) is 10.3. The molecule has 2 aromatic heterocycles. The van der Waals surface area contributed by atoms with Gasteiger partial charge in [-0.1, -0.05) is 5.10 Å². The first kappa shape index (κ1) is 16.8. The molecule has 9 heteroatoms. The van der Waals surface area contributed by atoms with E-state index in [9.17, 15) is 9.59 Å². The molecule has 1 atom stereocenters. The molecule has 0 spiro atoms. The van der Waals surface area contributed by atoms with Gasteiger partial charge < -0.3 is 18.5 Å². The second kappa shape index (κ2) is 6.94. The SMILES string of the molecule is COc1ccc(N2CC(c3nnc(NC(=O)c4ccco4)o3)CC2=O)cc1. The van der Waals surface area contributed by atoms with Crippen LogP contribution in [0.1, 0.15) is 28.8 Å². The van der Waals surface area contributed by atoms with Crippen LogP contribution in [0.2, 0.25) is 0 Å². The number of hydrogen-bond acceptors (Lipinski definition) is 7. The average molecular weight is 368 g/mol. The number of aromatic nitrogens is 2. The van der Waals surface area contributed by atoms with E-state index >= 15 is 0 Å². The number of carbonyl (C=O) groups excluding carboxylic acids is 2. The summed E-state index contributed by atoms with van der Waals surface area (Å²) in [4.78, 5) is 26.0. The van der Waals surface area contributed by atoms with E-state index in [4.69, 9.17) is 13.6 Å². The van der Waals surface area contributed by atoms with Crippen molar-refractivity contribution in [3.05, 3.63) is 54.3 Å². The first-order valence-electron chi connectivity index (χ1n) is 8.26. The van der Waals surface area contributed by atoms with Crippen molar-refractivity contribution in [1.29, 1.82) is 0 Å². The molecule has 0 bridgehead atoms. The smallest absolute Gasteiger partial charge is 0.322 e. The summed E-state index contributed by atoms with van der Waals surface area (Å²) in [6.45, 7) is 0.416. The van der Waals surface area contributed by atoms with E-state index in [1.165, 1.54) is 12.3 Å². The third-order valence-electron chi connectivity index (χ3n) is 4.26. The zero-order chi connectivity index (χ0) is 18.8. The minimum Gasteiger partial charge on any atom is -0.497 e. The lowest BCUT2D eigenvalue weighted by Crippen LogP contribution is -2.24. The van der Waals surface area contributed by atoms with Crippen LogP contribution in [0.3, 0.4) is 0 Å². The molecule has 0 aliphatic carbocycles. The predicted molar refractivity (Wildman–Crippen MR) is 93.7 cm³/mol. The van der Waals surface area contributed by atoms with Gasteiger partial charge in [0.2, 0.25) is 11.8 Å². The normalized spacial score (nSPS) is 16.6. The van der Waals surface area contributed by atoms with Gasteiger partial charge in [-0.05, 0) is 36.4 Å². The van der Waals surface area contributed by atoms with Gasteiger partial charge in [0.15, 0.2) is 5.76 Å². The Morgan fingerprint density at radius 1 is 1.26 bits per heavy atom. The van der Waals surface area contributed by atoms with E-state index in [2.05, 4.69) is 15.5 Å². The molecule has 4 rings (SSSR count). The fourth-order valence-corrected chi connectivity index (χ4v) is 2.90. The summed E-state index contributed by atoms with van der Waals surface area (Å²) in [5.41, 5.74) is 0.772. The van der Waals surface area contributed by atoms with Gasteiger partial charge in [0.1, 0.15) is 5.75 Å². The molecule has 138 valence electrons. The topological polar surface area (TPSA) is 111 Å². The van der Waals surface area contributed by atoms with Gasteiger partial charge in [0, 0.05) is 18.7 Å². The van der Waals surface area contributed by atoms with Crippen molar-refractivity contribution in [3.63, 3.8) is 0 Å². The summed E-state index contributed by atoms with van der Waals surface area (Å²) in [7, 11) is 1.59. The predicted octanol–water partition coefficient (Wildman–Crippen LogP) is 2.44. The van der Waals surface area contributed by atoms with Crippen LogP contribution in [0.15, 0.2) is 51.5 Å². The number of ether oxygens (including phenoxy) is 1.